The fourth-order valence-corrected chi connectivity index (χ4v) is 7.43. The van der Waals surface area contributed by atoms with Gasteiger partial charge >= 0.3 is 5.97 Å². The van der Waals surface area contributed by atoms with Crippen molar-refractivity contribution in [3.05, 3.63) is 12.7 Å². The molecule has 3 rings (SSSR count). The predicted octanol–water partition coefficient (Wildman–Crippen LogP) is 3.33. The van der Waals surface area contributed by atoms with Crippen LogP contribution >= 0.6 is 41.6 Å². The van der Waals surface area contributed by atoms with Crippen LogP contribution in [0.4, 0.5) is 5.82 Å². The van der Waals surface area contributed by atoms with Crippen molar-refractivity contribution in [3.8, 4) is 0 Å². The van der Waals surface area contributed by atoms with Crippen molar-refractivity contribution in [3.63, 3.8) is 0 Å². The molecular weight excluding hydrogens is 638 g/mol. The Hall–Kier alpha value is -1.13. The van der Waals surface area contributed by atoms with Gasteiger partial charge in [-0.25, -0.2) is 20.0 Å². The largest absolute Gasteiger partial charge is 0.462 e. The summed E-state index contributed by atoms with van der Waals surface area (Å²) >= 11 is 19.9. The molecular formula is C23H35Cl2N6O7PS2. The fraction of sp³-hybridized carbons (Fsp3) is 0.696. The number of nitrogens with zero attached hydrogens (tertiary/aromatic N) is 4. The predicted molar refractivity (Wildman–Crippen MR) is 161 cm³/mol. The van der Waals surface area contributed by atoms with Gasteiger partial charge in [0.15, 0.2) is 27.1 Å². The Morgan fingerprint density at radius 1 is 1.29 bits per heavy atom. The Labute approximate surface area is 257 Å². The second-order valence-electron chi connectivity index (χ2n) is 10.6. The summed E-state index contributed by atoms with van der Waals surface area (Å²) in [6.45, 7) is 6.83. The highest BCUT2D eigenvalue weighted by Gasteiger charge is 2.56. The molecule has 0 bridgehead atoms. The number of anilines is 1. The first-order chi connectivity index (χ1) is 19.0. The minimum absolute atomic E-state index is 0.00899. The van der Waals surface area contributed by atoms with Gasteiger partial charge in [-0.1, -0.05) is 55.7 Å². The number of halogens is 2. The van der Waals surface area contributed by atoms with Gasteiger partial charge in [0.2, 0.25) is 0 Å². The number of esters is 1. The van der Waals surface area contributed by atoms with E-state index in [1.54, 1.807) is 20.8 Å². The summed E-state index contributed by atoms with van der Waals surface area (Å²) in [7, 11) is 0. The number of aliphatic hydroxyl groups is 1. The summed E-state index contributed by atoms with van der Waals surface area (Å²) in [6.07, 6.45) is -1.33. The number of thioether (sulfide) groups is 1. The average molecular weight is 674 g/mol. The van der Waals surface area contributed by atoms with E-state index >= 15 is 0 Å². The van der Waals surface area contributed by atoms with Crippen molar-refractivity contribution in [1.82, 2.24) is 24.6 Å². The summed E-state index contributed by atoms with van der Waals surface area (Å²) in [5, 5.41) is 13.9. The van der Waals surface area contributed by atoms with E-state index in [1.807, 2.05) is 20.8 Å². The second-order valence-corrected chi connectivity index (χ2v) is 16.3. The quantitative estimate of drug-likeness (QED) is 0.130. The lowest BCUT2D eigenvalue weighted by molar-refractivity contribution is -0.149. The molecule has 1 aliphatic rings. The zero-order chi connectivity index (χ0) is 30.8. The minimum Gasteiger partial charge on any atom is -0.462 e. The molecule has 2 aromatic heterocycles. The molecule has 230 valence electrons. The molecule has 3 heterocycles. The van der Waals surface area contributed by atoms with Gasteiger partial charge < -0.3 is 29.4 Å². The molecule has 1 aliphatic heterocycles. The molecule has 2 aromatic rings. The number of ether oxygens (including phenoxy) is 2. The van der Waals surface area contributed by atoms with Crippen LogP contribution < -0.4 is 10.8 Å². The first kappa shape index (κ1) is 34.4. The molecule has 0 amide bonds. The number of rotatable bonds is 12. The van der Waals surface area contributed by atoms with Crippen molar-refractivity contribution in [2.75, 3.05) is 24.7 Å². The Bertz CT molecular complexity index is 1290. The number of fused-ring (bicyclic) bond motifs is 1. The summed E-state index contributed by atoms with van der Waals surface area (Å²) in [5.41, 5.74) is 5.97. The second kappa shape index (κ2) is 13.7. The summed E-state index contributed by atoms with van der Waals surface area (Å²) in [5.74, 6) is -0.0943. The molecule has 0 spiro atoms. The zero-order valence-corrected chi connectivity index (χ0v) is 27.5. The van der Waals surface area contributed by atoms with E-state index in [9.17, 15) is 14.7 Å². The Morgan fingerprint density at radius 3 is 2.61 bits per heavy atom. The lowest BCUT2D eigenvalue weighted by Crippen LogP contribution is -2.39. The topological polar surface area (TPSA) is 173 Å². The van der Waals surface area contributed by atoms with Crippen molar-refractivity contribution in [1.29, 1.82) is 0 Å². The maximum Gasteiger partial charge on any atom is 0.323 e. The van der Waals surface area contributed by atoms with Crippen molar-refractivity contribution >= 4 is 81.5 Å². The van der Waals surface area contributed by atoms with E-state index in [-0.39, 0.29) is 30.3 Å². The van der Waals surface area contributed by atoms with Gasteiger partial charge in [0.25, 0.3) is 6.64 Å². The average Bonchev–Trinajstić information content (AvgIpc) is 3.38. The Kier molecular flexibility index (Phi) is 11.5. The summed E-state index contributed by atoms with van der Waals surface area (Å²) in [6, 6.07) is -0.878. The molecule has 0 saturated carbocycles. The van der Waals surface area contributed by atoms with E-state index in [0.717, 1.165) is 11.8 Å². The Balaban J connectivity index is 1.74. The van der Waals surface area contributed by atoms with Crippen LogP contribution in [0.2, 0.25) is 0 Å². The molecule has 13 nitrogen and oxygen atoms in total. The van der Waals surface area contributed by atoms with Gasteiger partial charge in [0.05, 0.1) is 25.6 Å². The monoisotopic (exact) mass is 672 g/mol. The lowest BCUT2D eigenvalue weighted by Gasteiger charge is -2.28. The van der Waals surface area contributed by atoms with Crippen LogP contribution in [-0.2, 0) is 39.9 Å². The maximum absolute atomic E-state index is 12.5. The van der Waals surface area contributed by atoms with Gasteiger partial charge in [-0.15, -0.1) is 0 Å². The molecule has 5 atom stereocenters. The molecule has 0 radical (unpaired) electrons. The van der Waals surface area contributed by atoms with E-state index in [2.05, 4.69) is 20.0 Å². The number of nitrogens with two attached hydrogens (primary N) is 1. The number of hydrogen-bond donors (Lipinski definition) is 3. The lowest BCUT2D eigenvalue weighted by atomic mass is 10.00. The number of imidazole rings is 1. The first-order valence-electron chi connectivity index (χ1n) is 12.6. The highest BCUT2D eigenvalue weighted by Crippen LogP contribution is 2.50. The highest BCUT2D eigenvalue weighted by atomic mass is 35.5. The van der Waals surface area contributed by atoms with Crippen LogP contribution in [-0.4, -0.2) is 83.4 Å². The van der Waals surface area contributed by atoms with Gasteiger partial charge in [-0.05, 0) is 32.6 Å². The van der Waals surface area contributed by atoms with Gasteiger partial charge in [-0.2, -0.15) is 0 Å². The van der Waals surface area contributed by atoms with Gasteiger partial charge in [-0.3, -0.25) is 14.2 Å². The molecule has 41 heavy (non-hydrogen) atoms. The first-order valence-corrected chi connectivity index (χ1v) is 17.0. The summed E-state index contributed by atoms with van der Waals surface area (Å²) < 4.78 is 22.7. The van der Waals surface area contributed by atoms with Crippen molar-refractivity contribution in [2.45, 2.75) is 76.5 Å². The smallest absolute Gasteiger partial charge is 0.323 e. The van der Waals surface area contributed by atoms with E-state index in [1.165, 1.54) is 17.2 Å². The van der Waals surface area contributed by atoms with E-state index in [0.29, 0.717) is 16.9 Å². The molecule has 1 unspecified atom stereocenters. The van der Waals surface area contributed by atoms with Crippen LogP contribution in [0, 0.1) is 5.41 Å². The van der Waals surface area contributed by atoms with Crippen LogP contribution in [0.5, 0.6) is 0 Å². The molecule has 4 N–H and O–H groups in total. The molecule has 1 saturated heterocycles. The standard InChI is InChI=1S/C23H35Cl2N6O7PS2/c1-12(2)37-19(33)13(3)30-39(40,35-7-8-41-21(34)22(4,5)6)36-9-14-16(32)23(24,25)20(38-14)31-11-29-15-17(26)27-10-28-18(15)31/h10-14,16,20,32H,7-9H2,1-6H3,(H,30,40)(H2,26,27,28)/t13-,14-,16-,20-,39?/m1/s1. The van der Waals surface area contributed by atoms with E-state index in [4.69, 9.17) is 59.3 Å². The maximum atomic E-state index is 12.5. The number of carbonyl (C=O) groups excluding carboxylic acids is 2. The van der Waals surface area contributed by atoms with Crippen LogP contribution in [0.15, 0.2) is 12.7 Å². The summed E-state index contributed by atoms with van der Waals surface area (Å²) in [4.78, 5) is 37.0. The Morgan fingerprint density at radius 2 is 1.98 bits per heavy atom. The number of nitrogen functional groups attached to an aromatic ring is 1. The number of hydrogen-bond acceptors (Lipinski definition) is 13. The third-order valence-electron chi connectivity index (χ3n) is 5.68. The number of alkyl halides is 2. The molecule has 1 fully saturated rings. The van der Waals surface area contributed by atoms with E-state index < -0.39 is 46.8 Å². The number of aliphatic hydroxyl groups excluding tert-OH is 1. The fourth-order valence-electron chi connectivity index (χ4n) is 3.56. The normalized spacial score (nSPS) is 23.0. The number of nitrogens with one attached hydrogen (secondary N) is 1. The molecule has 18 heteroatoms. The van der Waals surface area contributed by atoms with Crippen LogP contribution in [0.1, 0.15) is 47.8 Å². The third kappa shape index (κ3) is 8.49. The third-order valence-corrected chi connectivity index (χ3v) is 10.4. The highest BCUT2D eigenvalue weighted by molar-refractivity contribution is 8.13. The zero-order valence-electron chi connectivity index (χ0n) is 23.4. The SMILES string of the molecule is CC(C)OC(=O)[C@@H](C)NP(=S)(OCCSC(=O)C(C)(C)C)OC[C@H]1O[C@@H](n2cnc3c(N)ncnc32)C(Cl)(Cl)[C@@H]1O. The number of carbonyl (C=O) groups is 2. The van der Waals surface area contributed by atoms with Crippen molar-refractivity contribution < 1.29 is 33.2 Å². The van der Waals surface area contributed by atoms with Gasteiger partial charge in [0, 0.05) is 11.2 Å². The van der Waals surface area contributed by atoms with Gasteiger partial charge in [0.1, 0.15) is 30.1 Å². The number of aromatic nitrogens is 4. The molecule has 0 aromatic carbocycles. The van der Waals surface area contributed by atoms with Crippen LogP contribution in [0.3, 0.4) is 0 Å². The van der Waals surface area contributed by atoms with Crippen LogP contribution in [0.25, 0.3) is 11.2 Å². The molecule has 0 aliphatic carbocycles. The minimum atomic E-state index is -3.40. The van der Waals surface area contributed by atoms with Crippen molar-refractivity contribution in [2.24, 2.45) is 5.41 Å².